The van der Waals surface area contributed by atoms with Gasteiger partial charge in [0.05, 0.1) is 19.3 Å². The minimum absolute atomic E-state index is 0.0342. The number of urea groups is 1. The predicted molar refractivity (Wildman–Crippen MR) is 74.9 cm³/mol. The predicted octanol–water partition coefficient (Wildman–Crippen LogP) is 1.42. The Morgan fingerprint density at radius 2 is 2.10 bits per heavy atom. The third kappa shape index (κ3) is 4.22. The molecule has 20 heavy (non-hydrogen) atoms. The molecule has 0 unspecified atom stereocenters. The Morgan fingerprint density at radius 3 is 2.60 bits per heavy atom. The number of likely N-dealkylation sites (N-methyl/N-ethyl adjacent to an activating group) is 1. The van der Waals surface area contributed by atoms with Crippen molar-refractivity contribution in [2.24, 2.45) is 5.92 Å². The van der Waals surface area contributed by atoms with Crippen molar-refractivity contribution in [3.63, 3.8) is 0 Å². The van der Waals surface area contributed by atoms with Crippen molar-refractivity contribution in [1.82, 2.24) is 15.2 Å². The highest BCUT2D eigenvalue weighted by atomic mass is 16.5. The van der Waals surface area contributed by atoms with Crippen LogP contribution in [0.1, 0.15) is 19.5 Å². The highest BCUT2D eigenvalue weighted by Crippen LogP contribution is 2.11. The Bertz CT molecular complexity index is 448. The molecule has 0 fully saturated rings. The zero-order valence-corrected chi connectivity index (χ0v) is 12.3. The lowest BCUT2D eigenvalue weighted by atomic mass is 10.0. The van der Waals surface area contributed by atoms with Crippen LogP contribution in [0.25, 0.3) is 0 Å². The number of amides is 2. The number of aromatic nitrogens is 1. The number of pyridine rings is 1. The van der Waals surface area contributed by atoms with Crippen LogP contribution in [0.3, 0.4) is 0 Å². The van der Waals surface area contributed by atoms with E-state index in [1.165, 1.54) is 12.0 Å². The molecule has 0 saturated carbocycles. The minimum Gasteiger partial charge on any atom is -0.467 e. The lowest BCUT2D eigenvalue weighted by Gasteiger charge is -2.28. The Morgan fingerprint density at radius 1 is 1.40 bits per heavy atom. The molecule has 6 heteroatoms. The van der Waals surface area contributed by atoms with Crippen LogP contribution >= 0.6 is 0 Å². The summed E-state index contributed by atoms with van der Waals surface area (Å²) in [7, 11) is 2.90. The van der Waals surface area contributed by atoms with E-state index < -0.39 is 12.0 Å². The molecule has 0 spiro atoms. The van der Waals surface area contributed by atoms with Crippen molar-refractivity contribution in [2.75, 3.05) is 14.2 Å². The second kappa shape index (κ2) is 7.47. The molecule has 1 heterocycles. The van der Waals surface area contributed by atoms with E-state index in [0.29, 0.717) is 6.54 Å². The average molecular weight is 279 g/mol. The quantitative estimate of drug-likeness (QED) is 0.827. The molecule has 1 N–H and O–H groups in total. The van der Waals surface area contributed by atoms with Crippen LogP contribution in [-0.4, -0.2) is 42.1 Å². The van der Waals surface area contributed by atoms with E-state index in [-0.39, 0.29) is 11.9 Å². The highest BCUT2D eigenvalue weighted by molar-refractivity contribution is 5.83. The van der Waals surface area contributed by atoms with Gasteiger partial charge in [0, 0.05) is 13.2 Å². The van der Waals surface area contributed by atoms with Gasteiger partial charge in [-0.25, -0.2) is 9.59 Å². The number of nitrogens with one attached hydrogen (secondary N) is 1. The molecule has 0 aliphatic rings. The number of nitrogens with zero attached hydrogens (tertiary/aromatic N) is 2. The first-order valence-corrected chi connectivity index (χ1v) is 6.45. The molecule has 0 aliphatic carbocycles. The molecule has 6 nitrogen and oxygen atoms in total. The fourth-order valence-corrected chi connectivity index (χ4v) is 1.92. The van der Waals surface area contributed by atoms with E-state index in [1.54, 1.807) is 13.2 Å². The molecular formula is C14H21N3O3. The third-order valence-electron chi connectivity index (χ3n) is 2.96. The van der Waals surface area contributed by atoms with E-state index in [0.717, 1.165) is 5.69 Å². The van der Waals surface area contributed by atoms with Gasteiger partial charge in [-0.05, 0) is 18.1 Å². The van der Waals surface area contributed by atoms with Crippen LogP contribution in [0.4, 0.5) is 4.79 Å². The molecule has 0 aromatic carbocycles. The maximum Gasteiger partial charge on any atom is 0.328 e. The van der Waals surface area contributed by atoms with Gasteiger partial charge in [-0.15, -0.1) is 0 Å². The maximum absolute atomic E-state index is 12.1. The first-order valence-electron chi connectivity index (χ1n) is 6.45. The van der Waals surface area contributed by atoms with Crippen molar-refractivity contribution in [3.05, 3.63) is 30.1 Å². The fraction of sp³-hybridized carbons (Fsp3) is 0.500. The van der Waals surface area contributed by atoms with Crippen LogP contribution in [0, 0.1) is 5.92 Å². The van der Waals surface area contributed by atoms with Gasteiger partial charge in [-0.1, -0.05) is 19.9 Å². The van der Waals surface area contributed by atoms with E-state index in [4.69, 9.17) is 4.74 Å². The fourth-order valence-electron chi connectivity index (χ4n) is 1.92. The van der Waals surface area contributed by atoms with Crippen LogP contribution in [0.5, 0.6) is 0 Å². The summed E-state index contributed by atoms with van der Waals surface area (Å²) in [5, 5.41) is 2.73. The summed E-state index contributed by atoms with van der Waals surface area (Å²) in [6.07, 6.45) is 1.66. The van der Waals surface area contributed by atoms with E-state index in [9.17, 15) is 9.59 Å². The largest absolute Gasteiger partial charge is 0.467 e. The lowest BCUT2D eigenvalue weighted by Crippen LogP contribution is -2.50. The van der Waals surface area contributed by atoms with Crippen LogP contribution < -0.4 is 5.32 Å². The molecule has 2 amide bonds. The molecule has 1 rings (SSSR count). The number of hydrogen-bond donors (Lipinski definition) is 1. The summed E-state index contributed by atoms with van der Waals surface area (Å²) < 4.78 is 4.73. The van der Waals surface area contributed by atoms with Crippen LogP contribution in [0.15, 0.2) is 24.4 Å². The number of rotatable bonds is 5. The normalized spacial score (nSPS) is 11.8. The molecule has 110 valence electrons. The summed E-state index contributed by atoms with van der Waals surface area (Å²) in [5.74, 6) is -0.455. The molecule has 1 aromatic heterocycles. The van der Waals surface area contributed by atoms with Gasteiger partial charge in [0.1, 0.15) is 6.04 Å². The maximum atomic E-state index is 12.1. The van der Waals surface area contributed by atoms with Gasteiger partial charge in [-0.3, -0.25) is 4.98 Å². The van der Waals surface area contributed by atoms with Crippen molar-refractivity contribution in [3.8, 4) is 0 Å². The van der Waals surface area contributed by atoms with Crippen LogP contribution in [0.2, 0.25) is 0 Å². The van der Waals surface area contributed by atoms with Crippen molar-refractivity contribution >= 4 is 12.0 Å². The van der Waals surface area contributed by atoms with E-state index in [1.807, 2.05) is 32.0 Å². The number of methoxy groups -OCH3 is 1. The van der Waals surface area contributed by atoms with Gasteiger partial charge in [0.25, 0.3) is 0 Å². The Balaban J connectivity index is 2.63. The second-order valence-corrected chi connectivity index (χ2v) is 4.80. The Labute approximate surface area is 119 Å². The van der Waals surface area contributed by atoms with E-state index >= 15 is 0 Å². The van der Waals surface area contributed by atoms with Gasteiger partial charge < -0.3 is 15.0 Å². The topological polar surface area (TPSA) is 71.5 Å². The van der Waals surface area contributed by atoms with Crippen molar-refractivity contribution < 1.29 is 14.3 Å². The first-order chi connectivity index (χ1) is 9.47. The smallest absolute Gasteiger partial charge is 0.328 e. The summed E-state index contributed by atoms with van der Waals surface area (Å²) in [4.78, 5) is 29.3. The molecule has 0 aliphatic heterocycles. The molecule has 0 radical (unpaired) electrons. The number of hydrogen-bond acceptors (Lipinski definition) is 4. The molecule has 1 atom stereocenters. The summed E-state index contributed by atoms with van der Waals surface area (Å²) >= 11 is 0. The second-order valence-electron chi connectivity index (χ2n) is 4.80. The van der Waals surface area contributed by atoms with E-state index in [2.05, 4.69) is 10.3 Å². The van der Waals surface area contributed by atoms with Crippen molar-refractivity contribution in [1.29, 1.82) is 0 Å². The molecular weight excluding hydrogens is 258 g/mol. The first kappa shape index (κ1) is 15.9. The zero-order chi connectivity index (χ0) is 15.1. The number of ether oxygens (including phenoxy) is 1. The lowest BCUT2D eigenvalue weighted by molar-refractivity contribution is -0.147. The number of carbonyl (C=O) groups is 2. The molecule has 1 aromatic rings. The zero-order valence-electron chi connectivity index (χ0n) is 12.3. The van der Waals surface area contributed by atoms with Crippen LogP contribution in [-0.2, 0) is 16.1 Å². The van der Waals surface area contributed by atoms with Crippen molar-refractivity contribution in [2.45, 2.75) is 26.4 Å². The molecule has 0 bridgehead atoms. The number of esters is 1. The summed E-state index contributed by atoms with van der Waals surface area (Å²) in [6.45, 7) is 4.05. The van der Waals surface area contributed by atoms with Gasteiger partial charge in [0.2, 0.25) is 0 Å². The Kier molecular flexibility index (Phi) is 5.96. The summed E-state index contributed by atoms with van der Waals surface area (Å²) in [6, 6.07) is 4.54. The Hall–Kier alpha value is -2.11. The summed E-state index contributed by atoms with van der Waals surface area (Å²) in [5.41, 5.74) is 0.758. The molecule has 0 saturated heterocycles. The average Bonchev–Trinajstić information content (AvgIpc) is 2.45. The highest BCUT2D eigenvalue weighted by Gasteiger charge is 2.30. The third-order valence-corrected chi connectivity index (χ3v) is 2.96. The monoisotopic (exact) mass is 279 g/mol. The van der Waals surface area contributed by atoms with Gasteiger partial charge >= 0.3 is 12.0 Å². The SMILES string of the molecule is COC(=O)[C@H](C(C)C)N(C)C(=O)NCc1ccccn1. The van der Waals surface area contributed by atoms with Gasteiger partial charge in [-0.2, -0.15) is 0 Å². The standard InChI is InChI=1S/C14H21N3O3/c1-10(2)12(13(18)20-4)17(3)14(19)16-9-11-7-5-6-8-15-11/h5-8,10,12H,9H2,1-4H3,(H,16,19)/t12-/m0/s1. The number of carbonyl (C=O) groups excluding carboxylic acids is 2. The minimum atomic E-state index is -0.608. The van der Waals surface area contributed by atoms with Gasteiger partial charge in [0.15, 0.2) is 0 Å².